The van der Waals surface area contributed by atoms with Gasteiger partial charge in [0.05, 0.1) is 0 Å². The van der Waals surface area contributed by atoms with E-state index in [9.17, 15) is 4.79 Å². The second kappa shape index (κ2) is 9.32. The fourth-order valence-corrected chi connectivity index (χ4v) is 1.84. The lowest BCUT2D eigenvalue weighted by molar-refractivity contribution is -0.111. The van der Waals surface area contributed by atoms with Gasteiger partial charge in [-0.2, -0.15) is 0 Å². The van der Waals surface area contributed by atoms with Gasteiger partial charge < -0.3 is 0 Å². The van der Waals surface area contributed by atoms with Gasteiger partial charge in [0.15, 0.2) is 5.78 Å². The van der Waals surface area contributed by atoms with E-state index in [4.69, 9.17) is 0 Å². The Kier molecular flexibility index (Phi) is 8.52. The van der Waals surface area contributed by atoms with Crippen molar-refractivity contribution < 1.29 is 4.79 Å². The number of fused-ring (bicyclic) bond motifs is 1. The summed E-state index contributed by atoms with van der Waals surface area (Å²) in [5.74, 6) is 1.34. The molecule has 1 saturated carbocycles. The highest BCUT2D eigenvalue weighted by atomic mass is 16.1. The van der Waals surface area contributed by atoms with Crippen LogP contribution in [0.2, 0.25) is 0 Å². The molecular formula is C18H26O. The van der Waals surface area contributed by atoms with Crippen molar-refractivity contribution in [3.8, 4) is 0 Å². The number of allylic oxidation sites excluding steroid dienone is 8. The molecule has 1 heteroatoms. The van der Waals surface area contributed by atoms with Crippen molar-refractivity contribution >= 4 is 5.78 Å². The zero-order valence-electron chi connectivity index (χ0n) is 12.6. The molecule has 2 unspecified atom stereocenters. The maximum atomic E-state index is 12.0. The van der Waals surface area contributed by atoms with Gasteiger partial charge >= 0.3 is 0 Å². The number of hydrogen-bond donors (Lipinski definition) is 0. The van der Waals surface area contributed by atoms with E-state index in [2.05, 4.69) is 25.3 Å². The minimum atomic E-state index is 0.0477. The number of ketones is 1. The van der Waals surface area contributed by atoms with Gasteiger partial charge in [-0.05, 0) is 18.3 Å². The monoisotopic (exact) mass is 258 g/mol. The molecule has 0 bridgehead atoms. The molecule has 1 nitrogen and oxygen atoms in total. The van der Waals surface area contributed by atoms with Gasteiger partial charge in [0.2, 0.25) is 0 Å². The van der Waals surface area contributed by atoms with Crippen molar-refractivity contribution in [3.63, 3.8) is 0 Å². The van der Waals surface area contributed by atoms with Gasteiger partial charge in [0.25, 0.3) is 0 Å². The summed E-state index contributed by atoms with van der Waals surface area (Å²) in [4.78, 5) is 12.0. The second-order valence-corrected chi connectivity index (χ2v) is 3.94. The fourth-order valence-electron chi connectivity index (χ4n) is 1.84. The average Bonchev–Trinajstić information content (AvgIpc) is 3.26. The number of rotatable bonds is 4. The van der Waals surface area contributed by atoms with E-state index in [0.717, 1.165) is 5.57 Å². The summed E-state index contributed by atoms with van der Waals surface area (Å²) in [5.41, 5.74) is 1.40. The Hall–Kier alpha value is -1.63. The van der Waals surface area contributed by atoms with Crippen LogP contribution in [0.5, 0.6) is 0 Å². The summed E-state index contributed by atoms with van der Waals surface area (Å²) in [6.07, 6.45) is 12.2. The predicted octanol–water partition coefficient (Wildman–Crippen LogP) is 5.04. The molecular weight excluding hydrogens is 232 g/mol. The van der Waals surface area contributed by atoms with Crippen LogP contribution in [-0.2, 0) is 4.79 Å². The largest absolute Gasteiger partial charge is 0.289 e. The lowest BCUT2D eigenvalue weighted by atomic mass is 9.98. The van der Waals surface area contributed by atoms with Crippen LogP contribution in [0.4, 0.5) is 0 Å². The van der Waals surface area contributed by atoms with Crippen molar-refractivity contribution in [3.05, 3.63) is 60.8 Å². The van der Waals surface area contributed by atoms with E-state index in [1.54, 1.807) is 18.2 Å². The molecule has 0 N–H and O–H groups in total. The van der Waals surface area contributed by atoms with E-state index in [0.29, 0.717) is 17.4 Å². The molecule has 0 aromatic rings. The molecule has 0 amide bonds. The van der Waals surface area contributed by atoms with Crippen LogP contribution in [0, 0.1) is 11.8 Å². The molecule has 2 rings (SSSR count). The fraction of sp³-hybridized carbons (Fsp3) is 0.389. The third-order valence-electron chi connectivity index (χ3n) is 2.85. The lowest BCUT2D eigenvalue weighted by Gasteiger charge is -2.05. The number of carbonyl (C=O) groups is 1. The zero-order chi connectivity index (χ0) is 14.8. The average molecular weight is 258 g/mol. The number of Topliss-reactive ketones (excluding diaryl/α,β-unsaturated/α-hetero) is 1. The molecule has 0 radical (unpaired) electrons. The van der Waals surface area contributed by atoms with Crippen LogP contribution in [0.15, 0.2) is 60.8 Å². The van der Waals surface area contributed by atoms with Gasteiger partial charge in [0, 0.05) is 11.1 Å². The lowest BCUT2D eigenvalue weighted by Crippen LogP contribution is -2.05. The Balaban J connectivity index is 0.000000741. The highest BCUT2D eigenvalue weighted by Gasteiger charge is 2.35. The Morgan fingerprint density at radius 3 is 2.32 bits per heavy atom. The van der Waals surface area contributed by atoms with Crippen LogP contribution in [0.25, 0.3) is 0 Å². The first-order valence-electron chi connectivity index (χ1n) is 7.16. The Morgan fingerprint density at radius 2 is 1.84 bits per heavy atom. The predicted molar refractivity (Wildman–Crippen MR) is 85.0 cm³/mol. The molecule has 19 heavy (non-hydrogen) atoms. The van der Waals surface area contributed by atoms with Crippen LogP contribution < -0.4 is 0 Å². The minimum Gasteiger partial charge on any atom is -0.289 e. The van der Waals surface area contributed by atoms with Crippen LogP contribution in [0.3, 0.4) is 0 Å². The molecule has 0 aromatic carbocycles. The maximum absolute atomic E-state index is 12.0. The third kappa shape index (κ3) is 4.86. The van der Waals surface area contributed by atoms with Gasteiger partial charge in [-0.15, -0.1) is 0 Å². The normalized spacial score (nSPS) is 22.5. The Morgan fingerprint density at radius 1 is 1.21 bits per heavy atom. The first-order valence-corrected chi connectivity index (χ1v) is 7.16. The summed E-state index contributed by atoms with van der Waals surface area (Å²) in [5, 5.41) is 0. The van der Waals surface area contributed by atoms with E-state index in [1.807, 2.05) is 33.8 Å². The third-order valence-corrected chi connectivity index (χ3v) is 2.85. The van der Waals surface area contributed by atoms with E-state index >= 15 is 0 Å². The van der Waals surface area contributed by atoms with Gasteiger partial charge in [-0.25, -0.2) is 0 Å². The molecule has 1 fully saturated rings. The first kappa shape index (κ1) is 17.4. The second-order valence-electron chi connectivity index (χ2n) is 3.94. The summed E-state index contributed by atoms with van der Waals surface area (Å²) >= 11 is 0. The van der Waals surface area contributed by atoms with Crippen molar-refractivity contribution in [2.45, 2.75) is 34.1 Å². The van der Waals surface area contributed by atoms with E-state index in [1.165, 1.54) is 6.42 Å². The van der Waals surface area contributed by atoms with Crippen molar-refractivity contribution in [2.24, 2.45) is 11.8 Å². The molecule has 0 aromatic heterocycles. The Labute approximate surface area is 118 Å². The molecule has 2 aliphatic rings. The van der Waals surface area contributed by atoms with Crippen molar-refractivity contribution in [2.75, 3.05) is 0 Å². The standard InChI is InChI=1S/C14H14O.2C2H6/c1-3-5-10(4-2)14(15)12-7-6-11-8-13(11)9-12;2*1-2/h3-7,9,11,13H,1-2,8H2;2*1-2H3/b10-5+;;. The van der Waals surface area contributed by atoms with Crippen molar-refractivity contribution in [1.29, 1.82) is 0 Å². The Bertz CT molecular complexity index is 407. The van der Waals surface area contributed by atoms with Gasteiger partial charge in [-0.3, -0.25) is 4.79 Å². The van der Waals surface area contributed by atoms with Gasteiger partial charge in [-0.1, -0.05) is 77.3 Å². The van der Waals surface area contributed by atoms with Crippen LogP contribution in [-0.4, -0.2) is 5.78 Å². The molecule has 0 aliphatic heterocycles. The summed E-state index contributed by atoms with van der Waals surface area (Å²) < 4.78 is 0. The SMILES string of the molecule is C=C/C=C(\C=C)C(=O)C1=CC2CC2C=C1.CC.CC. The van der Waals surface area contributed by atoms with Crippen LogP contribution in [0.1, 0.15) is 34.1 Å². The van der Waals surface area contributed by atoms with Crippen LogP contribution >= 0.6 is 0 Å². The molecule has 2 aliphatic carbocycles. The van der Waals surface area contributed by atoms with E-state index < -0.39 is 0 Å². The topological polar surface area (TPSA) is 17.1 Å². The zero-order valence-corrected chi connectivity index (χ0v) is 12.6. The summed E-state index contributed by atoms with van der Waals surface area (Å²) in [6, 6.07) is 0. The molecule has 0 spiro atoms. The summed E-state index contributed by atoms with van der Waals surface area (Å²) in [6.45, 7) is 15.2. The van der Waals surface area contributed by atoms with Crippen molar-refractivity contribution in [1.82, 2.24) is 0 Å². The quantitative estimate of drug-likeness (QED) is 0.510. The molecule has 104 valence electrons. The molecule has 0 saturated heterocycles. The highest BCUT2D eigenvalue weighted by Crippen LogP contribution is 2.44. The highest BCUT2D eigenvalue weighted by molar-refractivity contribution is 6.12. The van der Waals surface area contributed by atoms with Gasteiger partial charge in [0.1, 0.15) is 0 Å². The number of hydrogen-bond acceptors (Lipinski definition) is 1. The molecule has 0 heterocycles. The minimum absolute atomic E-state index is 0.0477. The smallest absolute Gasteiger partial charge is 0.192 e. The first-order chi connectivity index (χ1) is 9.26. The summed E-state index contributed by atoms with van der Waals surface area (Å²) in [7, 11) is 0. The maximum Gasteiger partial charge on any atom is 0.192 e. The van der Waals surface area contributed by atoms with E-state index in [-0.39, 0.29) is 5.78 Å². The molecule has 2 atom stereocenters. The number of carbonyl (C=O) groups excluding carboxylic acids is 1.